The first-order chi connectivity index (χ1) is 26.0. The van der Waals surface area contributed by atoms with Crippen LogP contribution in [-0.2, 0) is 0 Å². The van der Waals surface area contributed by atoms with Crippen LogP contribution in [0.25, 0.3) is 98.8 Å². The Bertz CT molecular complexity index is 3020. The van der Waals surface area contributed by atoms with E-state index in [0.29, 0.717) is 22.3 Å². The van der Waals surface area contributed by atoms with Crippen LogP contribution < -0.4 is 0 Å². The molecule has 9 aromatic carbocycles. The van der Waals surface area contributed by atoms with E-state index in [2.05, 4.69) is 72.8 Å². The summed E-state index contributed by atoms with van der Waals surface area (Å²) in [7, 11) is 0. The molecule has 1 nitrogen and oxygen atoms in total. The molecule has 10 aromatic rings. The van der Waals surface area contributed by atoms with Gasteiger partial charge in [-0.05, 0) is 107 Å². The zero-order valence-electron chi connectivity index (χ0n) is 30.4. The molecule has 49 heavy (non-hydrogen) atoms. The number of hydrogen-bond donors (Lipinski definition) is 0. The fraction of sp³-hybridized carbons (Fsp3) is 0. The molecule has 10 rings (SSSR count). The molecule has 1 heteroatoms. The van der Waals surface area contributed by atoms with Crippen LogP contribution in [0.15, 0.2) is 186 Å². The molecule has 0 fully saturated rings. The number of hydrogen-bond acceptors (Lipinski definition) is 1. The molecule has 0 bridgehead atoms. The summed E-state index contributed by atoms with van der Waals surface area (Å²) < 4.78 is 43.9. The van der Waals surface area contributed by atoms with Crippen molar-refractivity contribution < 1.29 is 9.90 Å². The Kier molecular flexibility index (Phi) is 5.38. The van der Waals surface area contributed by atoms with Crippen LogP contribution >= 0.6 is 0 Å². The molecular formula is C48H30O. The van der Waals surface area contributed by atoms with Gasteiger partial charge in [-0.1, -0.05) is 152 Å². The third-order valence-electron chi connectivity index (χ3n) is 9.71. The topological polar surface area (TPSA) is 13.1 Å². The molecule has 0 saturated heterocycles. The lowest BCUT2D eigenvalue weighted by molar-refractivity contribution is 0.669. The highest BCUT2D eigenvalue weighted by Gasteiger charge is 2.17. The lowest BCUT2D eigenvalue weighted by Crippen LogP contribution is -1.90. The van der Waals surface area contributed by atoms with Crippen LogP contribution in [0.1, 0.15) is 5.48 Å². The Morgan fingerprint density at radius 1 is 0.306 bits per heavy atom. The van der Waals surface area contributed by atoms with Gasteiger partial charge in [0.25, 0.3) is 0 Å². The van der Waals surface area contributed by atoms with Crippen molar-refractivity contribution in [1.29, 1.82) is 0 Å². The van der Waals surface area contributed by atoms with Gasteiger partial charge in [0.1, 0.15) is 11.2 Å². The molecule has 0 spiro atoms. The first-order valence-corrected chi connectivity index (χ1v) is 16.5. The number of fused-ring (bicyclic) bond motifs is 6. The van der Waals surface area contributed by atoms with Crippen molar-refractivity contribution in [3.05, 3.63) is 182 Å². The van der Waals surface area contributed by atoms with E-state index in [1.807, 2.05) is 84.9 Å². The summed E-state index contributed by atoms with van der Waals surface area (Å²) in [5.41, 5.74) is 7.63. The quantitative estimate of drug-likeness (QED) is 0.177. The van der Waals surface area contributed by atoms with Crippen molar-refractivity contribution >= 4 is 54.3 Å². The van der Waals surface area contributed by atoms with Crippen LogP contribution in [-0.4, -0.2) is 0 Å². The standard InChI is InChI=1S/C48H30O/c1-2-11-33(12-3-1)47-40-14-6-8-16-42(40)48(43-17-9-7-15-41(43)47)34-21-18-32(19-22-34)37-25-27-45-44(29-37)39-26-24-38(30-46(39)49-45)36-23-20-31-10-4-5-13-35(31)28-36/h1-30H/i18D,19D,21D,22D. The lowest BCUT2D eigenvalue weighted by Gasteiger charge is -2.18. The minimum atomic E-state index is -0.0768. The van der Waals surface area contributed by atoms with Crippen molar-refractivity contribution in [2.24, 2.45) is 0 Å². The Hall–Kier alpha value is -6.44. The van der Waals surface area contributed by atoms with Gasteiger partial charge in [0, 0.05) is 10.8 Å². The maximum absolute atomic E-state index is 9.44. The smallest absolute Gasteiger partial charge is 0.136 e. The summed E-state index contributed by atoms with van der Waals surface area (Å²) >= 11 is 0. The Balaban J connectivity index is 1.14. The van der Waals surface area contributed by atoms with Crippen molar-refractivity contribution in [2.45, 2.75) is 0 Å². The Labute approximate surface area is 289 Å². The van der Waals surface area contributed by atoms with E-state index < -0.39 is 0 Å². The predicted molar refractivity (Wildman–Crippen MR) is 208 cm³/mol. The van der Waals surface area contributed by atoms with Gasteiger partial charge in [0.05, 0.1) is 5.48 Å². The monoisotopic (exact) mass is 626 g/mol. The summed E-state index contributed by atoms with van der Waals surface area (Å²) in [5, 5.41) is 7.91. The van der Waals surface area contributed by atoms with Gasteiger partial charge in [-0.2, -0.15) is 0 Å². The average Bonchev–Trinajstić information content (AvgIpc) is 3.57. The van der Waals surface area contributed by atoms with E-state index in [1.165, 1.54) is 10.8 Å². The SMILES string of the molecule is [2H]c1c([2H])c(-c2c3ccccc3c(-c3ccccc3)c3ccccc23)c([2H])c([2H])c1-c1ccc2oc3cc(-c4ccc5ccccc5c4)ccc3c2c1. The fourth-order valence-corrected chi connectivity index (χ4v) is 7.38. The fourth-order valence-electron chi connectivity index (χ4n) is 7.38. The molecule has 0 amide bonds. The number of rotatable bonds is 4. The molecule has 228 valence electrons. The summed E-state index contributed by atoms with van der Waals surface area (Å²) in [6.07, 6.45) is 0. The van der Waals surface area contributed by atoms with Crippen LogP contribution in [0.2, 0.25) is 0 Å². The van der Waals surface area contributed by atoms with Gasteiger partial charge in [0.15, 0.2) is 0 Å². The molecule has 0 aliphatic heterocycles. The zero-order valence-corrected chi connectivity index (χ0v) is 26.4. The van der Waals surface area contributed by atoms with E-state index in [1.54, 1.807) is 0 Å². The van der Waals surface area contributed by atoms with E-state index in [9.17, 15) is 5.48 Å². The highest BCUT2D eigenvalue weighted by molar-refractivity contribution is 6.21. The van der Waals surface area contributed by atoms with E-state index >= 15 is 0 Å². The second-order valence-electron chi connectivity index (χ2n) is 12.5. The van der Waals surface area contributed by atoms with Gasteiger partial charge < -0.3 is 4.42 Å². The normalized spacial score (nSPS) is 12.8. The minimum absolute atomic E-state index is 0.0686. The molecule has 1 heterocycles. The molecule has 1 aromatic heterocycles. The van der Waals surface area contributed by atoms with Crippen molar-refractivity contribution in [1.82, 2.24) is 0 Å². The lowest BCUT2D eigenvalue weighted by atomic mass is 9.86. The Morgan fingerprint density at radius 2 is 0.837 bits per heavy atom. The molecule has 0 radical (unpaired) electrons. The third kappa shape index (κ3) is 4.55. The molecule has 0 unspecified atom stereocenters. The summed E-state index contributed by atoms with van der Waals surface area (Å²) in [4.78, 5) is 0. The third-order valence-corrected chi connectivity index (χ3v) is 9.71. The maximum Gasteiger partial charge on any atom is 0.136 e. The van der Waals surface area contributed by atoms with Gasteiger partial charge in [-0.3, -0.25) is 0 Å². The average molecular weight is 627 g/mol. The van der Waals surface area contributed by atoms with Crippen LogP contribution in [0.5, 0.6) is 0 Å². The summed E-state index contributed by atoms with van der Waals surface area (Å²) in [5.74, 6) is 0. The largest absolute Gasteiger partial charge is 0.456 e. The molecule has 0 N–H and O–H groups in total. The molecule has 0 atom stereocenters. The summed E-state index contributed by atoms with van der Waals surface area (Å²) in [6, 6.07) is 52.7. The Morgan fingerprint density at radius 3 is 1.55 bits per heavy atom. The van der Waals surface area contributed by atoms with Crippen LogP contribution in [0.4, 0.5) is 0 Å². The van der Waals surface area contributed by atoms with Crippen molar-refractivity contribution in [2.75, 3.05) is 0 Å². The van der Waals surface area contributed by atoms with Crippen LogP contribution in [0.3, 0.4) is 0 Å². The van der Waals surface area contributed by atoms with Gasteiger partial charge in [-0.15, -0.1) is 0 Å². The maximum atomic E-state index is 9.44. The predicted octanol–water partition coefficient (Wildman–Crippen LogP) is 13.7. The molecular weight excluding hydrogens is 593 g/mol. The highest BCUT2D eigenvalue weighted by atomic mass is 16.3. The van der Waals surface area contributed by atoms with Crippen LogP contribution in [0, 0.1) is 0 Å². The van der Waals surface area contributed by atoms with E-state index in [0.717, 1.165) is 60.2 Å². The number of benzene rings is 9. The summed E-state index contributed by atoms with van der Waals surface area (Å²) in [6.45, 7) is 0. The highest BCUT2D eigenvalue weighted by Crippen LogP contribution is 2.44. The molecule has 0 aliphatic rings. The molecule has 0 saturated carbocycles. The van der Waals surface area contributed by atoms with Crippen molar-refractivity contribution in [3.8, 4) is 44.5 Å². The molecule has 0 aliphatic carbocycles. The second kappa shape index (κ2) is 11.1. The van der Waals surface area contributed by atoms with Gasteiger partial charge in [0.2, 0.25) is 0 Å². The van der Waals surface area contributed by atoms with Gasteiger partial charge in [-0.25, -0.2) is 0 Å². The first-order valence-electron chi connectivity index (χ1n) is 18.5. The van der Waals surface area contributed by atoms with Crippen molar-refractivity contribution in [3.63, 3.8) is 0 Å². The second-order valence-corrected chi connectivity index (χ2v) is 12.5. The zero-order chi connectivity index (χ0) is 35.8. The van der Waals surface area contributed by atoms with E-state index in [4.69, 9.17) is 4.42 Å². The first kappa shape index (κ1) is 23.8. The minimum Gasteiger partial charge on any atom is -0.456 e. The number of furan rings is 1. The van der Waals surface area contributed by atoms with E-state index in [-0.39, 0.29) is 29.7 Å². The van der Waals surface area contributed by atoms with Gasteiger partial charge >= 0.3 is 0 Å².